The van der Waals surface area contributed by atoms with E-state index in [1.165, 1.54) is 12.3 Å². The molecule has 9 heteroatoms. The highest BCUT2D eigenvalue weighted by atomic mass is 16.2. The molecular formula is C23H19N7O2. The summed E-state index contributed by atoms with van der Waals surface area (Å²) in [6.45, 7) is 4.13. The SMILES string of the molecule is Cc1nn(Cc2ccc(C#N)cc2)c(C)c1NC(=O)c1cc(C(N)=O)c2cccnc2n1. The predicted molar refractivity (Wildman–Crippen MR) is 118 cm³/mol. The number of amides is 2. The molecule has 0 fully saturated rings. The largest absolute Gasteiger partial charge is 0.366 e. The number of pyridine rings is 2. The van der Waals surface area contributed by atoms with Crippen molar-refractivity contribution >= 4 is 28.5 Å². The lowest BCUT2D eigenvalue weighted by Crippen LogP contribution is -2.18. The number of primary amides is 1. The predicted octanol–water partition coefficient (Wildman–Crippen LogP) is 2.71. The Labute approximate surface area is 183 Å². The fraction of sp³-hybridized carbons (Fsp3) is 0.130. The van der Waals surface area contributed by atoms with Gasteiger partial charge >= 0.3 is 0 Å². The number of aromatic nitrogens is 4. The standard InChI is InChI=1S/C23H19N7O2/c1-13-20(14(2)30(29-13)12-16-7-5-15(11-24)6-8-16)28-23(32)19-10-18(21(25)31)17-4-3-9-26-22(17)27-19/h3-10H,12H2,1-2H3,(H2,25,31)(H,28,32). The van der Waals surface area contributed by atoms with Gasteiger partial charge in [-0.25, -0.2) is 9.97 Å². The third-order valence-electron chi connectivity index (χ3n) is 5.12. The van der Waals surface area contributed by atoms with Gasteiger partial charge in [-0.15, -0.1) is 0 Å². The number of nitrogens with two attached hydrogens (primary N) is 1. The zero-order chi connectivity index (χ0) is 22.8. The maximum absolute atomic E-state index is 13.0. The van der Waals surface area contributed by atoms with Crippen molar-refractivity contribution in [3.05, 3.63) is 82.4 Å². The summed E-state index contributed by atoms with van der Waals surface area (Å²) < 4.78 is 1.77. The molecule has 3 N–H and O–H groups in total. The highest BCUT2D eigenvalue weighted by Gasteiger charge is 2.19. The van der Waals surface area contributed by atoms with Crippen molar-refractivity contribution in [3.8, 4) is 6.07 Å². The zero-order valence-electron chi connectivity index (χ0n) is 17.5. The average molecular weight is 425 g/mol. The maximum atomic E-state index is 13.0. The van der Waals surface area contributed by atoms with Crippen LogP contribution in [0.2, 0.25) is 0 Å². The molecule has 0 radical (unpaired) electrons. The molecule has 3 aromatic heterocycles. The summed E-state index contributed by atoms with van der Waals surface area (Å²) in [6, 6.07) is 14.0. The van der Waals surface area contributed by atoms with Crippen molar-refractivity contribution in [3.63, 3.8) is 0 Å². The molecule has 32 heavy (non-hydrogen) atoms. The fourth-order valence-corrected chi connectivity index (χ4v) is 3.44. The molecule has 0 bridgehead atoms. The van der Waals surface area contributed by atoms with E-state index in [-0.39, 0.29) is 16.9 Å². The second-order valence-electron chi connectivity index (χ2n) is 7.26. The Morgan fingerprint density at radius 1 is 1.19 bits per heavy atom. The van der Waals surface area contributed by atoms with Crippen molar-refractivity contribution in [1.82, 2.24) is 19.7 Å². The van der Waals surface area contributed by atoms with Gasteiger partial charge in [0.2, 0.25) is 5.91 Å². The lowest BCUT2D eigenvalue weighted by molar-refractivity contribution is 0.100. The van der Waals surface area contributed by atoms with E-state index >= 15 is 0 Å². The molecule has 0 saturated heterocycles. The molecule has 2 amide bonds. The molecular weight excluding hydrogens is 406 g/mol. The highest BCUT2D eigenvalue weighted by Crippen LogP contribution is 2.22. The maximum Gasteiger partial charge on any atom is 0.274 e. The van der Waals surface area contributed by atoms with Crippen molar-refractivity contribution < 1.29 is 9.59 Å². The first-order chi connectivity index (χ1) is 15.4. The fourth-order valence-electron chi connectivity index (χ4n) is 3.44. The summed E-state index contributed by atoms with van der Waals surface area (Å²) in [7, 11) is 0. The van der Waals surface area contributed by atoms with Crippen LogP contribution in [-0.4, -0.2) is 31.6 Å². The summed E-state index contributed by atoms with van der Waals surface area (Å²) in [5, 5.41) is 16.8. The number of carbonyl (C=O) groups excluding carboxylic acids is 2. The van der Waals surface area contributed by atoms with E-state index in [1.807, 2.05) is 19.1 Å². The Hall–Kier alpha value is -4.58. The van der Waals surface area contributed by atoms with Crippen LogP contribution in [0.15, 0.2) is 48.7 Å². The van der Waals surface area contributed by atoms with Crippen LogP contribution in [-0.2, 0) is 6.54 Å². The Kier molecular flexibility index (Phi) is 5.35. The summed E-state index contributed by atoms with van der Waals surface area (Å²) >= 11 is 0. The molecule has 0 spiro atoms. The van der Waals surface area contributed by atoms with Gasteiger partial charge in [0.25, 0.3) is 5.91 Å². The van der Waals surface area contributed by atoms with Gasteiger partial charge in [0.05, 0.1) is 40.8 Å². The van der Waals surface area contributed by atoms with Gasteiger partial charge in [0, 0.05) is 11.6 Å². The summed E-state index contributed by atoms with van der Waals surface area (Å²) in [6.07, 6.45) is 1.53. The third kappa shape index (κ3) is 3.89. The third-order valence-corrected chi connectivity index (χ3v) is 5.12. The van der Waals surface area contributed by atoms with Gasteiger partial charge in [-0.1, -0.05) is 12.1 Å². The minimum absolute atomic E-state index is 0.0312. The summed E-state index contributed by atoms with van der Waals surface area (Å²) in [4.78, 5) is 33.2. The van der Waals surface area contributed by atoms with Gasteiger partial charge < -0.3 is 11.1 Å². The molecule has 0 atom stereocenters. The van der Waals surface area contributed by atoms with E-state index in [0.717, 1.165) is 11.3 Å². The van der Waals surface area contributed by atoms with Crippen molar-refractivity contribution in [1.29, 1.82) is 5.26 Å². The minimum atomic E-state index is -0.665. The number of fused-ring (bicyclic) bond motifs is 1. The van der Waals surface area contributed by atoms with E-state index < -0.39 is 11.8 Å². The molecule has 4 rings (SSSR count). The number of carbonyl (C=O) groups is 2. The second kappa shape index (κ2) is 8.28. The molecule has 0 unspecified atom stereocenters. The first-order valence-corrected chi connectivity index (χ1v) is 9.77. The van der Waals surface area contributed by atoms with Gasteiger partial charge in [0.1, 0.15) is 5.69 Å². The number of nitrogens with zero attached hydrogens (tertiary/aromatic N) is 5. The smallest absolute Gasteiger partial charge is 0.274 e. The molecule has 0 aliphatic heterocycles. The second-order valence-corrected chi connectivity index (χ2v) is 7.26. The number of nitriles is 1. The zero-order valence-corrected chi connectivity index (χ0v) is 17.5. The van der Waals surface area contributed by atoms with Gasteiger partial charge in [-0.2, -0.15) is 10.4 Å². The summed E-state index contributed by atoms with van der Waals surface area (Å²) in [5.41, 5.74) is 9.48. The molecule has 0 aliphatic rings. The van der Waals surface area contributed by atoms with Crippen LogP contribution in [0.1, 0.15) is 43.4 Å². The molecule has 0 aliphatic carbocycles. The monoisotopic (exact) mass is 425 g/mol. The van der Waals surface area contributed by atoms with Crippen LogP contribution in [0.3, 0.4) is 0 Å². The minimum Gasteiger partial charge on any atom is -0.366 e. The van der Waals surface area contributed by atoms with Crippen LogP contribution >= 0.6 is 0 Å². The molecule has 3 heterocycles. The summed E-state index contributed by atoms with van der Waals surface area (Å²) in [5.74, 6) is -1.16. The average Bonchev–Trinajstić information content (AvgIpc) is 3.05. The van der Waals surface area contributed by atoms with E-state index in [9.17, 15) is 9.59 Å². The van der Waals surface area contributed by atoms with Crippen LogP contribution < -0.4 is 11.1 Å². The van der Waals surface area contributed by atoms with Gasteiger partial charge in [0.15, 0.2) is 5.65 Å². The van der Waals surface area contributed by atoms with E-state index in [4.69, 9.17) is 11.0 Å². The van der Waals surface area contributed by atoms with Crippen LogP contribution in [0.5, 0.6) is 0 Å². The number of hydrogen-bond acceptors (Lipinski definition) is 6. The number of anilines is 1. The van der Waals surface area contributed by atoms with Crippen LogP contribution in [0.25, 0.3) is 11.0 Å². The van der Waals surface area contributed by atoms with E-state index in [2.05, 4.69) is 26.5 Å². The Morgan fingerprint density at radius 2 is 1.94 bits per heavy atom. The van der Waals surface area contributed by atoms with Gasteiger partial charge in [-0.3, -0.25) is 14.3 Å². The molecule has 158 valence electrons. The topological polar surface area (TPSA) is 140 Å². The molecule has 4 aromatic rings. The Balaban J connectivity index is 1.62. The van der Waals surface area contributed by atoms with Crippen LogP contribution in [0.4, 0.5) is 5.69 Å². The number of nitrogens with one attached hydrogen (secondary N) is 1. The van der Waals surface area contributed by atoms with Gasteiger partial charge in [-0.05, 0) is 49.7 Å². The molecule has 9 nitrogen and oxygen atoms in total. The Morgan fingerprint density at radius 3 is 2.62 bits per heavy atom. The number of hydrogen-bond donors (Lipinski definition) is 2. The lowest BCUT2D eigenvalue weighted by Gasteiger charge is -2.09. The molecule has 1 aromatic carbocycles. The molecule has 0 saturated carbocycles. The van der Waals surface area contributed by atoms with Crippen molar-refractivity contribution in [2.75, 3.05) is 5.32 Å². The quantitative estimate of drug-likeness (QED) is 0.504. The first-order valence-electron chi connectivity index (χ1n) is 9.77. The lowest BCUT2D eigenvalue weighted by atomic mass is 10.1. The van der Waals surface area contributed by atoms with E-state index in [1.54, 1.807) is 35.9 Å². The van der Waals surface area contributed by atoms with Crippen molar-refractivity contribution in [2.45, 2.75) is 20.4 Å². The van der Waals surface area contributed by atoms with Crippen molar-refractivity contribution in [2.24, 2.45) is 5.73 Å². The number of benzene rings is 1. The number of rotatable bonds is 5. The number of aryl methyl sites for hydroxylation is 1. The highest BCUT2D eigenvalue weighted by molar-refractivity contribution is 6.10. The Bertz CT molecular complexity index is 1400. The van der Waals surface area contributed by atoms with Crippen LogP contribution in [0, 0.1) is 25.2 Å². The van der Waals surface area contributed by atoms with E-state index in [0.29, 0.717) is 28.9 Å². The first kappa shape index (κ1) is 20.7. The normalized spacial score (nSPS) is 10.7.